The van der Waals surface area contributed by atoms with Crippen molar-refractivity contribution in [2.24, 2.45) is 50.2 Å². The number of rotatable bonds is 4. The van der Waals surface area contributed by atoms with Crippen LogP contribution >= 0.6 is 0 Å². The van der Waals surface area contributed by atoms with Crippen LogP contribution in [0.25, 0.3) is 0 Å². The number of carbonyl (C=O) groups excluding carboxylic acids is 1. The molecule has 0 amide bonds. The van der Waals surface area contributed by atoms with E-state index in [2.05, 4.69) is 40.7 Å². The summed E-state index contributed by atoms with van der Waals surface area (Å²) in [6, 6.07) is 6.67. The van der Waals surface area contributed by atoms with Gasteiger partial charge in [-0.1, -0.05) is 66.2 Å². The van der Waals surface area contributed by atoms with Gasteiger partial charge < -0.3 is 75.5 Å². The molecule has 16 heteroatoms. The smallest absolute Gasteiger partial charge is 0.315 e. The van der Waals surface area contributed by atoms with Crippen LogP contribution in [-0.4, -0.2) is 129 Å². The van der Waals surface area contributed by atoms with Gasteiger partial charge in [-0.25, -0.2) is 0 Å². The van der Waals surface area contributed by atoms with Gasteiger partial charge in [0.05, 0.1) is 36.4 Å². The molecule has 372 valence electrons. The Morgan fingerprint density at radius 1 is 0.746 bits per heavy atom. The minimum atomic E-state index is -1.70. The predicted molar refractivity (Wildman–Crippen MR) is 240 cm³/mol. The molecule has 2 aromatic carbocycles. The van der Waals surface area contributed by atoms with E-state index in [1.165, 1.54) is 30.3 Å². The van der Waals surface area contributed by atoms with Crippen LogP contribution in [0.1, 0.15) is 117 Å². The van der Waals surface area contributed by atoms with Gasteiger partial charge in [0.1, 0.15) is 47.8 Å². The van der Waals surface area contributed by atoms with Crippen molar-refractivity contribution in [3.63, 3.8) is 0 Å². The second-order valence-electron chi connectivity index (χ2n) is 23.0. The van der Waals surface area contributed by atoms with Gasteiger partial charge in [0.2, 0.25) is 6.29 Å². The third kappa shape index (κ3) is 7.63. The number of aliphatic hydroxyl groups is 8. The standard InChI is InChI=1S/C36H58O10.C15H14O6/c1-31(2)12-14-36(30(44)46-29-26(41)25(40)24(39)20(17-37)45-29)15-13-34(6)18(23(36)28(31)43)8-9-22-33(5)16-19(38)27(42)32(3,4)21(33)10-11-35(22,34)7;16-8-4-11(18)9-6-13(20)15(21-14(9)5-8)7-1-2-10(17)12(19)3-7/h8,19-29,37-43H,9-17H2,1-7H3;1-5,13,15-20H,6H2/t19-,20-,21+,22-,23-,24-,25+,26-,27+,28+,29+,33+,34-,35-,36+;13-,15+/m10/s1. The van der Waals surface area contributed by atoms with Gasteiger partial charge in [-0.3, -0.25) is 4.79 Å². The summed E-state index contributed by atoms with van der Waals surface area (Å²) in [5, 5.41) is 124. The Morgan fingerprint density at radius 3 is 2.10 bits per heavy atom. The number of esters is 1. The van der Waals surface area contributed by atoms with E-state index in [0.717, 1.165) is 24.8 Å². The molecule has 9 rings (SSSR count). The highest BCUT2D eigenvalue weighted by Crippen LogP contribution is 2.76. The Labute approximate surface area is 391 Å². The molecular formula is C51H72O16. The summed E-state index contributed by atoms with van der Waals surface area (Å²) in [5.74, 6) is -1.25. The molecule has 67 heavy (non-hydrogen) atoms. The van der Waals surface area contributed by atoms with Crippen molar-refractivity contribution in [3.05, 3.63) is 53.1 Å². The Morgan fingerprint density at radius 2 is 1.43 bits per heavy atom. The predicted octanol–water partition coefficient (Wildman–Crippen LogP) is 3.98. The third-order valence-electron chi connectivity index (χ3n) is 18.8. The lowest BCUT2D eigenvalue weighted by Gasteiger charge is -2.71. The van der Waals surface area contributed by atoms with E-state index in [4.69, 9.17) is 14.2 Å². The Bertz CT molecular complexity index is 2240. The molecule has 0 bridgehead atoms. The van der Waals surface area contributed by atoms with Crippen LogP contribution in [-0.2, 0) is 20.7 Å². The zero-order valence-electron chi connectivity index (χ0n) is 39.5. The first-order valence-electron chi connectivity index (χ1n) is 23.9. The molecule has 17 atom stereocenters. The lowest BCUT2D eigenvalue weighted by atomic mass is 9.33. The first-order valence-corrected chi connectivity index (χ1v) is 23.9. The SMILES string of the molecule is CC1(C)CC[C@]2(C(=O)O[C@@H]3O[C@H](CO)[C@@H](O)[C@H](O)[C@H]3O)CC[C@]3(C)C(=CC[C@@H]4[C@@]5(C)C[C@@H](O)[C@H](O)C(C)(C)[C@@H]5CC[C@]43C)[C@@H]2[C@@H]1O.Oc1cc(O)c2c(c1)O[C@H](c1ccc(O)c(O)c1)[C@@H](O)C2. The van der Waals surface area contributed by atoms with E-state index in [0.29, 0.717) is 43.2 Å². The molecule has 7 aliphatic rings. The molecule has 1 saturated heterocycles. The van der Waals surface area contributed by atoms with Crippen LogP contribution in [0.5, 0.6) is 28.7 Å². The van der Waals surface area contributed by atoms with Gasteiger partial charge in [-0.05, 0) is 108 Å². The minimum absolute atomic E-state index is 0.143. The molecule has 2 aliphatic heterocycles. The quantitative estimate of drug-likeness (QED) is 0.117. The number of aliphatic hydroxyl groups excluding tert-OH is 8. The number of aromatic hydroxyl groups is 4. The van der Waals surface area contributed by atoms with E-state index < -0.39 is 96.0 Å². The number of hydrogen-bond acceptors (Lipinski definition) is 16. The first-order chi connectivity index (χ1) is 31.2. The van der Waals surface area contributed by atoms with Crippen molar-refractivity contribution < 1.29 is 80.3 Å². The number of carbonyl (C=O) groups is 1. The highest BCUT2D eigenvalue weighted by Gasteiger charge is 2.71. The van der Waals surface area contributed by atoms with E-state index >= 15 is 0 Å². The Kier molecular flexibility index (Phi) is 12.6. The molecule has 2 heterocycles. The number of allylic oxidation sites excluding steroid dienone is 1. The molecule has 0 radical (unpaired) electrons. The van der Waals surface area contributed by atoms with E-state index in [-0.39, 0.29) is 63.2 Å². The monoisotopic (exact) mass is 940 g/mol. The second-order valence-corrected chi connectivity index (χ2v) is 23.0. The van der Waals surface area contributed by atoms with Gasteiger partial charge >= 0.3 is 5.97 Å². The highest BCUT2D eigenvalue weighted by atomic mass is 16.7. The summed E-state index contributed by atoms with van der Waals surface area (Å²) in [4.78, 5) is 14.4. The van der Waals surface area contributed by atoms with Crippen LogP contribution in [0, 0.1) is 50.2 Å². The van der Waals surface area contributed by atoms with Crippen molar-refractivity contribution in [3.8, 4) is 28.7 Å². The molecule has 12 N–H and O–H groups in total. The maximum absolute atomic E-state index is 14.4. The largest absolute Gasteiger partial charge is 0.508 e. The number of ether oxygens (including phenoxy) is 3. The van der Waals surface area contributed by atoms with Gasteiger partial charge in [0.25, 0.3) is 0 Å². The lowest BCUT2D eigenvalue weighted by molar-refractivity contribution is -0.298. The molecule has 16 nitrogen and oxygen atoms in total. The zero-order valence-corrected chi connectivity index (χ0v) is 39.5. The number of benzene rings is 2. The highest BCUT2D eigenvalue weighted by molar-refractivity contribution is 5.79. The molecule has 2 aromatic rings. The Balaban J connectivity index is 0.000000241. The fourth-order valence-electron chi connectivity index (χ4n) is 14.6. The summed E-state index contributed by atoms with van der Waals surface area (Å²) in [6.45, 7) is 14.6. The summed E-state index contributed by atoms with van der Waals surface area (Å²) in [5.41, 5.74) is -0.746. The van der Waals surface area contributed by atoms with Crippen LogP contribution in [0.15, 0.2) is 42.0 Å². The maximum Gasteiger partial charge on any atom is 0.315 e. The molecule has 5 fully saturated rings. The molecular weight excluding hydrogens is 869 g/mol. The van der Waals surface area contributed by atoms with E-state index in [1.807, 2.05) is 13.8 Å². The summed E-state index contributed by atoms with van der Waals surface area (Å²) in [6.07, 6.45) is -4.04. The van der Waals surface area contributed by atoms with Crippen LogP contribution < -0.4 is 4.74 Å². The van der Waals surface area contributed by atoms with E-state index in [1.54, 1.807) is 0 Å². The fraction of sp³-hybridized carbons (Fsp3) is 0.706. The minimum Gasteiger partial charge on any atom is -0.508 e. The number of hydrogen-bond donors (Lipinski definition) is 12. The van der Waals surface area contributed by atoms with Crippen molar-refractivity contribution in [1.82, 2.24) is 0 Å². The molecule has 4 saturated carbocycles. The second kappa shape index (κ2) is 17.0. The normalized spacial score (nSPS) is 43.7. The lowest BCUT2D eigenvalue weighted by Crippen LogP contribution is -2.68. The number of phenolic OH excluding ortho intramolecular Hbond substituents is 4. The van der Waals surface area contributed by atoms with Gasteiger partial charge in [0.15, 0.2) is 11.5 Å². The van der Waals surface area contributed by atoms with Crippen LogP contribution in [0.3, 0.4) is 0 Å². The van der Waals surface area contributed by atoms with Crippen molar-refractivity contribution in [2.75, 3.05) is 6.61 Å². The topological polar surface area (TPSA) is 288 Å². The first kappa shape index (κ1) is 49.7. The van der Waals surface area contributed by atoms with Crippen molar-refractivity contribution in [2.45, 2.75) is 167 Å². The average Bonchev–Trinajstić information content (AvgIpc) is 3.26. The Hall–Kier alpha value is -3.71. The van der Waals surface area contributed by atoms with Gasteiger partial charge in [-0.2, -0.15) is 0 Å². The summed E-state index contributed by atoms with van der Waals surface area (Å²) < 4.78 is 17.1. The zero-order chi connectivity index (χ0) is 49.1. The van der Waals surface area contributed by atoms with Crippen LogP contribution in [0.4, 0.5) is 0 Å². The van der Waals surface area contributed by atoms with Gasteiger partial charge in [0, 0.05) is 30.0 Å². The summed E-state index contributed by atoms with van der Waals surface area (Å²) in [7, 11) is 0. The maximum atomic E-state index is 14.4. The molecule has 0 spiro atoms. The van der Waals surface area contributed by atoms with Gasteiger partial charge in [-0.15, -0.1) is 0 Å². The number of fused-ring (bicyclic) bond motifs is 8. The van der Waals surface area contributed by atoms with E-state index in [9.17, 15) is 66.1 Å². The van der Waals surface area contributed by atoms with Crippen molar-refractivity contribution >= 4 is 5.97 Å². The molecule has 0 unspecified atom stereocenters. The van der Waals surface area contributed by atoms with Crippen molar-refractivity contribution in [1.29, 1.82) is 0 Å². The van der Waals surface area contributed by atoms with Crippen LogP contribution in [0.2, 0.25) is 0 Å². The molecule has 5 aliphatic carbocycles. The number of phenols is 4. The summed E-state index contributed by atoms with van der Waals surface area (Å²) >= 11 is 0. The molecule has 0 aromatic heterocycles. The third-order valence-corrected chi connectivity index (χ3v) is 18.8. The average molecular weight is 941 g/mol. The fourth-order valence-corrected chi connectivity index (χ4v) is 14.6.